The van der Waals surface area contributed by atoms with Gasteiger partial charge in [-0.05, 0) is 35.9 Å². The minimum Gasteiger partial charge on any atom is -0.497 e. The maximum Gasteiger partial charge on any atom is 0.352 e. The van der Waals surface area contributed by atoms with E-state index >= 15 is 0 Å². The van der Waals surface area contributed by atoms with Gasteiger partial charge in [0.2, 0.25) is 0 Å². The van der Waals surface area contributed by atoms with Crippen LogP contribution in [0.5, 0.6) is 5.75 Å². The van der Waals surface area contributed by atoms with Gasteiger partial charge in [0, 0.05) is 42.5 Å². The molecule has 6 heteroatoms. The van der Waals surface area contributed by atoms with E-state index in [1.54, 1.807) is 13.4 Å². The summed E-state index contributed by atoms with van der Waals surface area (Å²) in [5, 5.41) is 14.4. The van der Waals surface area contributed by atoms with Gasteiger partial charge < -0.3 is 24.1 Å². The molecule has 6 nitrogen and oxygen atoms in total. The fourth-order valence-electron chi connectivity index (χ4n) is 3.76. The van der Waals surface area contributed by atoms with E-state index in [1.165, 1.54) is 0 Å². The molecule has 0 radical (unpaired) electrons. The van der Waals surface area contributed by atoms with E-state index in [0.29, 0.717) is 25.3 Å². The van der Waals surface area contributed by atoms with E-state index in [4.69, 9.17) is 9.15 Å². The number of rotatable bonds is 9. The van der Waals surface area contributed by atoms with Crippen LogP contribution in [0.25, 0.3) is 10.9 Å². The largest absolute Gasteiger partial charge is 0.497 e. The molecule has 0 saturated heterocycles. The van der Waals surface area contributed by atoms with Crippen molar-refractivity contribution in [3.8, 4) is 5.75 Å². The summed E-state index contributed by atoms with van der Waals surface area (Å²) in [4.78, 5) is 12.2. The highest BCUT2D eigenvalue weighted by atomic mass is 16.5. The molecule has 0 atom stereocenters. The Morgan fingerprint density at radius 3 is 2.60 bits per heavy atom. The molecule has 0 bridgehead atoms. The number of hydrogen-bond acceptors (Lipinski definition) is 4. The molecule has 30 heavy (non-hydrogen) atoms. The van der Waals surface area contributed by atoms with Crippen molar-refractivity contribution in [2.75, 3.05) is 13.7 Å². The molecule has 0 saturated carbocycles. The van der Waals surface area contributed by atoms with E-state index in [0.717, 1.165) is 40.0 Å². The number of fused-ring (bicyclic) bond motifs is 1. The lowest BCUT2D eigenvalue weighted by molar-refractivity contribution is 0.0684. The second kappa shape index (κ2) is 8.88. The van der Waals surface area contributed by atoms with Crippen LogP contribution in [0.15, 0.2) is 71.3 Å². The summed E-state index contributed by atoms with van der Waals surface area (Å²) in [6.07, 6.45) is 2.41. The number of carbonyl (C=O) groups is 1. The Labute approximate surface area is 174 Å². The molecule has 2 N–H and O–H groups in total. The first-order chi connectivity index (χ1) is 14.7. The van der Waals surface area contributed by atoms with Crippen LogP contribution in [0.1, 0.15) is 27.4 Å². The van der Waals surface area contributed by atoms with Gasteiger partial charge in [-0.3, -0.25) is 0 Å². The number of nitrogens with zero attached hydrogens (tertiary/aromatic N) is 1. The highest BCUT2D eigenvalue weighted by Gasteiger charge is 2.22. The van der Waals surface area contributed by atoms with E-state index in [1.807, 2.05) is 65.2 Å². The van der Waals surface area contributed by atoms with Crippen LogP contribution in [0, 0.1) is 0 Å². The highest BCUT2D eigenvalue weighted by molar-refractivity contribution is 5.98. The predicted molar refractivity (Wildman–Crippen MR) is 115 cm³/mol. The number of nitrogens with one attached hydrogen (secondary N) is 1. The molecule has 2 aromatic heterocycles. The van der Waals surface area contributed by atoms with Crippen molar-refractivity contribution in [3.05, 3.63) is 89.5 Å². The average molecular weight is 404 g/mol. The van der Waals surface area contributed by atoms with Gasteiger partial charge in [-0.15, -0.1) is 0 Å². The smallest absolute Gasteiger partial charge is 0.352 e. The maximum atomic E-state index is 12.2. The average Bonchev–Trinajstić information content (AvgIpc) is 3.38. The standard InChI is InChI=1S/C24H24N2O4/c1-29-18-10-8-17(9-11-18)16-26-22-7-3-2-6-20(22)21(23(26)24(27)28)15-25-13-12-19-5-4-14-30-19/h2-11,14,25H,12-13,15-16H2,1H3,(H,27,28). The Morgan fingerprint density at radius 2 is 1.90 bits per heavy atom. The summed E-state index contributed by atoms with van der Waals surface area (Å²) >= 11 is 0. The van der Waals surface area contributed by atoms with Crippen LogP contribution in [-0.2, 0) is 19.5 Å². The Hall–Kier alpha value is -3.51. The number of benzene rings is 2. The van der Waals surface area contributed by atoms with Crippen LogP contribution >= 0.6 is 0 Å². The molecule has 4 rings (SSSR count). The van der Waals surface area contributed by atoms with Gasteiger partial charge in [0.15, 0.2) is 0 Å². The van der Waals surface area contributed by atoms with Crippen molar-refractivity contribution in [1.29, 1.82) is 0 Å². The second-order valence-electron chi connectivity index (χ2n) is 7.09. The van der Waals surface area contributed by atoms with Crippen molar-refractivity contribution in [3.63, 3.8) is 0 Å². The number of aromatic nitrogens is 1. The molecule has 2 heterocycles. The zero-order valence-corrected chi connectivity index (χ0v) is 16.8. The van der Waals surface area contributed by atoms with E-state index in [-0.39, 0.29) is 0 Å². The van der Waals surface area contributed by atoms with Gasteiger partial charge in [-0.25, -0.2) is 4.79 Å². The minimum absolute atomic E-state index is 0.317. The predicted octanol–water partition coefficient (Wildman–Crippen LogP) is 4.32. The van der Waals surface area contributed by atoms with E-state index in [2.05, 4.69) is 5.32 Å². The molecule has 2 aromatic carbocycles. The molecule has 0 aliphatic rings. The first-order valence-corrected chi connectivity index (χ1v) is 9.87. The van der Waals surface area contributed by atoms with Crippen molar-refractivity contribution >= 4 is 16.9 Å². The molecular weight excluding hydrogens is 380 g/mol. The Bertz CT molecular complexity index is 1130. The molecule has 0 amide bonds. The molecule has 0 spiro atoms. The first kappa shape index (κ1) is 19.8. The first-order valence-electron chi connectivity index (χ1n) is 9.87. The van der Waals surface area contributed by atoms with Crippen molar-refractivity contribution in [2.45, 2.75) is 19.5 Å². The molecule has 0 aliphatic heterocycles. The van der Waals surface area contributed by atoms with Crippen LogP contribution < -0.4 is 10.1 Å². The third-order valence-corrected chi connectivity index (χ3v) is 5.21. The van der Waals surface area contributed by atoms with Gasteiger partial charge in [0.25, 0.3) is 0 Å². The molecule has 0 aliphatic carbocycles. The fraction of sp³-hybridized carbons (Fsp3) is 0.208. The molecule has 4 aromatic rings. The summed E-state index contributed by atoms with van der Waals surface area (Å²) in [6.45, 7) is 1.64. The van der Waals surface area contributed by atoms with Crippen LogP contribution in [0.3, 0.4) is 0 Å². The zero-order chi connectivity index (χ0) is 20.9. The molecule has 154 valence electrons. The fourth-order valence-corrected chi connectivity index (χ4v) is 3.76. The summed E-state index contributed by atoms with van der Waals surface area (Å²) in [7, 11) is 1.63. The summed E-state index contributed by atoms with van der Waals surface area (Å²) < 4.78 is 12.5. The van der Waals surface area contributed by atoms with Gasteiger partial charge in [-0.1, -0.05) is 30.3 Å². The highest BCUT2D eigenvalue weighted by Crippen LogP contribution is 2.28. The lowest BCUT2D eigenvalue weighted by Crippen LogP contribution is -2.19. The van der Waals surface area contributed by atoms with Crippen LogP contribution in [0.2, 0.25) is 0 Å². The molecular formula is C24H24N2O4. The van der Waals surface area contributed by atoms with Crippen molar-refractivity contribution in [2.24, 2.45) is 0 Å². The third kappa shape index (κ3) is 4.09. The number of aromatic carboxylic acids is 1. The Morgan fingerprint density at radius 1 is 1.10 bits per heavy atom. The number of furan rings is 1. The van der Waals surface area contributed by atoms with Gasteiger partial charge in [0.05, 0.1) is 13.4 Å². The number of para-hydroxylation sites is 1. The van der Waals surface area contributed by atoms with Crippen LogP contribution in [0.4, 0.5) is 0 Å². The van der Waals surface area contributed by atoms with E-state index in [9.17, 15) is 9.90 Å². The topological polar surface area (TPSA) is 76.6 Å². The van der Waals surface area contributed by atoms with Gasteiger partial charge in [0.1, 0.15) is 17.2 Å². The maximum absolute atomic E-state index is 12.2. The summed E-state index contributed by atoms with van der Waals surface area (Å²) in [6, 6.07) is 19.3. The quantitative estimate of drug-likeness (QED) is 0.406. The number of methoxy groups -OCH3 is 1. The summed E-state index contributed by atoms with van der Waals surface area (Å²) in [5.41, 5.74) is 3.04. The number of hydrogen-bond donors (Lipinski definition) is 2. The van der Waals surface area contributed by atoms with Gasteiger partial charge >= 0.3 is 5.97 Å². The number of carboxylic acid groups (broad SMARTS) is 1. The lowest BCUT2D eigenvalue weighted by Gasteiger charge is -2.10. The SMILES string of the molecule is COc1ccc(Cn2c(C(=O)O)c(CNCCc3ccco3)c3ccccc32)cc1. The third-order valence-electron chi connectivity index (χ3n) is 5.21. The second-order valence-corrected chi connectivity index (χ2v) is 7.09. The van der Waals surface area contributed by atoms with Crippen molar-refractivity contribution < 1.29 is 19.1 Å². The Balaban J connectivity index is 1.63. The summed E-state index contributed by atoms with van der Waals surface area (Å²) in [5.74, 6) is 0.751. The van der Waals surface area contributed by atoms with Gasteiger partial charge in [-0.2, -0.15) is 0 Å². The zero-order valence-electron chi connectivity index (χ0n) is 16.8. The Kier molecular flexibility index (Phi) is 5.86. The van der Waals surface area contributed by atoms with Crippen molar-refractivity contribution in [1.82, 2.24) is 9.88 Å². The normalized spacial score (nSPS) is 11.1. The number of ether oxygens (including phenoxy) is 1. The van der Waals surface area contributed by atoms with Crippen LogP contribution in [-0.4, -0.2) is 29.3 Å². The monoisotopic (exact) mass is 404 g/mol. The van der Waals surface area contributed by atoms with E-state index < -0.39 is 5.97 Å². The molecule has 0 fully saturated rings. The number of carboxylic acids is 1. The lowest BCUT2D eigenvalue weighted by atomic mass is 10.1. The molecule has 0 unspecified atom stereocenters. The minimum atomic E-state index is -0.928.